The van der Waals surface area contributed by atoms with Gasteiger partial charge in [-0.25, -0.2) is 0 Å². The smallest absolute Gasteiger partial charge is 0.125 e. The lowest BCUT2D eigenvalue weighted by Crippen LogP contribution is -2.41. The van der Waals surface area contributed by atoms with Gasteiger partial charge < -0.3 is 19.0 Å². The van der Waals surface area contributed by atoms with Crippen molar-refractivity contribution >= 4 is 44.8 Å². The minimum atomic E-state index is 0.140. The van der Waals surface area contributed by atoms with Crippen molar-refractivity contribution in [3.8, 4) is 0 Å². The third-order valence-corrected chi connectivity index (χ3v) is 11.9. The van der Waals surface area contributed by atoms with Crippen molar-refractivity contribution in [3.05, 3.63) is 67.6 Å². The van der Waals surface area contributed by atoms with E-state index in [0.717, 1.165) is 98.5 Å². The molecule has 0 bridgehead atoms. The van der Waals surface area contributed by atoms with E-state index in [0.29, 0.717) is 34.9 Å². The van der Waals surface area contributed by atoms with Crippen molar-refractivity contribution in [1.82, 2.24) is 0 Å². The lowest BCUT2D eigenvalue weighted by molar-refractivity contribution is 0.0307. The first-order chi connectivity index (χ1) is 23.1. The quantitative estimate of drug-likeness (QED) is 0.281. The molecule has 0 aromatic heterocycles. The molecule has 5 atom stereocenters. The van der Waals surface area contributed by atoms with Gasteiger partial charge in [0, 0.05) is 40.1 Å². The first-order valence-electron chi connectivity index (χ1n) is 18.2. The average molecular weight is 782 g/mol. The number of oxime groups is 1. The topological polar surface area (TPSA) is 49.3 Å². The summed E-state index contributed by atoms with van der Waals surface area (Å²) >= 11 is 16.2. The summed E-state index contributed by atoms with van der Waals surface area (Å²) < 4.78 is 17.8. The van der Waals surface area contributed by atoms with Crippen LogP contribution in [0.1, 0.15) is 110 Å². The van der Waals surface area contributed by atoms with E-state index >= 15 is 0 Å². The molecule has 2 saturated carbocycles. The summed E-state index contributed by atoms with van der Waals surface area (Å²) in [6, 6.07) is 12.9. The molecule has 2 aromatic carbocycles. The summed E-state index contributed by atoms with van der Waals surface area (Å²) in [7, 11) is 3.61. The Morgan fingerprint density at radius 2 is 1.45 bits per heavy atom. The standard InChI is InChI=1S/C21H31ClO2.C12H16BrCl.C8H13NO2/c1-20(2,3)9-7-15-5-6-16(12-19(15)22)21-10-8-18(23-4)11-17(21)13-24-14-21;1-12(2,3)7-6-9-4-5-10(13)8-11(9)14;1-10-7-2-3-8-6(4-7)5-11-9-8/h5-6,12,17-18H,7-11,13-14H2,1-4H3;4-5,8H,6-7H2,1-3H3;6-7H,2-5H2,1H3. The van der Waals surface area contributed by atoms with Crippen LogP contribution < -0.4 is 0 Å². The van der Waals surface area contributed by atoms with E-state index in [2.05, 4.69) is 86.9 Å². The fourth-order valence-electron chi connectivity index (χ4n) is 7.36. The normalized spacial score (nSPS) is 26.3. The molecular formula is C41H60BrCl2NO4. The Labute approximate surface area is 315 Å². The van der Waals surface area contributed by atoms with Crippen molar-refractivity contribution in [2.24, 2.45) is 27.8 Å². The van der Waals surface area contributed by atoms with Crippen LogP contribution in [0.4, 0.5) is 0 Å². The molecule has 274 valence electrons. The van der Waals surface area contributed by atoms with Crippen LogP contribution in [0, 0.1) is 22.7 Å². The Morgan fingerprint density at radius 1 is 0.837 bits per heavy atom. The minimum Gasteiger partial charge on any atom is -0.395 e. The summed E-state index contributed by atoms with van der Waals surface area (Å²) in [5, 5.41) is 5.77. The van der Waals surface area contributed by atoms with Crippen LogP contribution in [0.25, 0.3) is 0 Å². The van der Waals surface area contributed by atoms with Gasteiger partial charge >= 0.3 is 0 Å². The highest BCUT2D eigenvalue weighted by Crippen LogP contribution is 2.49. The number of nitrogens with zero attached hydrogens (tertiary/aromatic N) is 1. The number of halogens is 3. The predicted octanol–water partition coefficient (Wildman–Crippen LogP) is 11.7. The second kappa shape index (κ2) is 18.1. The molecule has 6 rings (SSSR count). The van der Waals surface area contributed by atoms with Crippen molar-refractivity contribution in [1.29, 1.82) is 0 Å². The molecule has 0 amide bonds. The molecule has 2 aliphatic carbocycles. The average Bonchev–Trinajstić information content (AvgIpc) is 3.70. The first-order valence-corrected chi connectivity index (χ1v) is 19.7. The fourth-order valence-corrected chi connectivity index (χ4v) is 8.40. The summed E-state index contributed by atoms with van der Waals surface area (Å²) in [5.41, 5.74) is 5.97. The van der Waals surface area contributed by atoms with Gasteiger partial charge in [-0.15, -0.1) is 0 Å². The summed E-state index contributed by atoms with van der Waals surface area (Å²) in [6.45, 7) is 16.0. The zero-order chi connectivity index (χ0) is 35.8. The van der Waals surface area contributed by atoms with E-state index in [-0.39, 0.29) is 5.41 Å². The van der Waals surface area contributed by atoms with Crippen molar-refractivity contribution in [3.63, 3.8) is 0 Å². The highest BCUT2D eigenvalue weighted by molar-refractivity contribution is 9.10. The first kappa shape index (κ1) is 40.6. The van der Waals surface area contributed by atoms with Gasteiger partial charge in [0.2, 0.25) is 0 Å². The fraction of sp³-hybridized carbons (Fsp3) is 0.683. The number of methoxy groups -OCH3 is 2. The Hall–Kier alpha value is -1.15. The van der Waals surface area contributed by atoms with Crippen LogP contribution >= 0.6 is 39.1 Å². The van der Waals surface area contributed by atoms with Gasteiger partial charge in [0.05, 0.1) is 31.1 Å². The number of ether oxygens (including phenoxy) is 3. The third kappa shape index (κ3) is 11.9. The molecule has 0 spiro atoms. The maximum absolute atomic E-state index is 6.65. The predicted molar refractivity (Wildman–Crippen MR) is 208 cm³/mol. The van der Waals surface area contributed by atoms with E-state index in [4.69, 9.17) is 42.3 Å². The number of aryl methyl sites for hydroxylation is 2. The number of hydrogen-bond acceptors (Lipinski definition) is 5. The van der Waals surface area contributed by atoms with E-state index in [1.165, 1.54) is 22.4 Å². The largest absolute Gasteiger partial charge is 0.395 e. The van der Waals surface area contributed by atoms with Crippen LogP contribution in [-0.4, -0.2) is 52.0 Å². The highest BCUT2D eigenvalue weighted by atomic mass is 79.9. The third-order valence-electron chi connectivity index (χ3n) is 10.7. The molecule has 49 heavy (non-hydrogen) atoms. The van der Waals surface area contributed by atoms with Gasteiger partial charge in [0.15, 0.2) is 0 Å². The van der Waals surface area contributed by atoms with Crippen LogP contribution in [0.15, 0.2) is 46.0 Å². The van der Waals surface area contributed by atoms with Crippen LogP contribution in [0.3, 0.4) is 0 Å². The van der Waals surface area contributed by atoms with E-state index in [1.54, 1.807) is 7.11 Å². The number of benzene rings is 2. The van der Waals surface area contributed by atoms with E-state index in [9.17, 15) is 0 Å². The van der Waals surface area contributed by atoms with Gasteiger partial charge in [0.25, 0.3) is 0 Å². The van der Waals surface area contributed by atoms with Gasteiger partial charge in [-0.3, -0.25) is 0 Å². The molecule has 8 heteroatoms. The summed E-state index contributed by atoms with van der Waals surface area (Å²) in [5.74, 6) is 1.10. The van der Waals surface area contributed by atoms with Crippen LogP contribution in [-0.2, 0) is 37.3 Å². The second-order valence-corrected chi connectivity index (χ2v) is 18.6. The number of fused-ring (bicyclic) bond motifs is 2. The lowest BCUT2D eigenvalue weighted by Gasteiger charge is -2.41. The Morgan fingerprint density at radius 3 is 2.04 bits per heavy atom. The zero-order valence-electron chi connectivity index (χ0n) is 31.2. The SMILES string of the molecule is CC(C)(C)CCc1ccc(Br)cc1Cl.COC1CCC2(c3ccc(CCC(C)(C)C)c(Cl)c3)COCC2C1.COC1CCC2=NOCC2C1. The Kier molecular flexibility index (Phi) is 15.0. The minimum absolute atomic E-state index is 0.140. The molecule has 3 fully saturated rings. The zero-order valence-corrected chi connectivity index (χ0v) is 34.3. The van der Waals surface area contributed by atoms with E-state index in [1.807, 2.05) is 19.2 Å². The Bertz CT molecular complexity index is 1390. The monoisotopic (exact) mass is 779 g/mol. The molecule has 5 unspecified atom stereocenters. The van der Waals surface area contributed by atoms with Gasteiger partial charge in [-0.1, -0.05) is 104 Å². The lowest BCUT2D eigenvalue weighted by atomic mass is 9.63. The summed E-state index contributed by atoms with van der Waals surface area (Å²) in [6.07, 6.45) is 11.8. The molecular weight excluding hydrogens is 721 g/mol. The molecule has 4 aliphatic rings. The second-order valence-electron chi connectivity index (χ2n) is 16.9. The molecule has 0 radical (unpaired) electrons. The summed E-state index contributed by atoms with van der Waals surface area (Å²) in [4.78, 5) is 5.02. The van der Waals surface area contributed by atoms with Crippen LogP contribution in [0.2, 0.25) is 10.0 Å². The molecule has 2 aliphatic heterocycles. The molecule has 0 N–H and O–H groups in total. The maximum atomic E-state index is 6.65. The van der Waals surface area contributed by atoms with Crippen molar-refractivity contribution < 1.29 is 19.0 Å². The number of rotatable bonds is 7. The van der Waals surface area contributed by atoms with Gasteiger partial charge in [0.1, 0.15) is 6.61 Å². The van der Waals surface area contributed by atoms with Gasteiger partial charge in [-0.05, 0) is 116 Å². The molecule has 2 aromatic rings. The molecule has 2 heterocycles. The van der Waals surface area contributed by atoms with Gasteiger partial charge in [-0.2, -0.15) is 0 Å². The van der Waals surface area contributed by atoms with E-state index < -0.39 is 0 Å². The molecule has 1 saturated heterocycles. The molecule has 5 nitrogen and oxygen atoms in total. The Balaban J connectivity index is 0.000000183. The highest BCUT2D eigenvalue weighted by Gasteiger charge is 2.49. The van der Waals surface area contributed by atoms with Crippen LogP contribution in [0.5, 0.6) is 0 Å². The number of hydrogen-bond donors (Lipinski definition) is 0. The van der Waals surface area contributed by atoms with Crippen molar-refractivity contribution in [2.75, 3.05) is 34.0 Å². The van der Waals surface area contributed by atoms with Crippen molar-refractivity contribution in [2.45, 2.75) is 123 Å². The maximum Gasteiger partial charge on any atom is 0.125 e.